The molecule has 2 heterocycles. The minimum atomic E-state index is -0.424. The fourth-order valence-corrected chi connectivity index (χ4v) is 1.95. The molecule has 0 aliphatic carbocycles. The number of nitrogens with one attached hydrogen (secondary N) is 1. The summed E-state index contributed by atoms with van der Waals surface area (Å²) in [5.41, 5.74) is -0.813. The summed E-state index contributed by atoms with van der Waals surface area (Å²) in [5, 5.41) is 0. The molecule has 15 heavy (non-hydrogen) atoms. The van der Waals surface area contributed by atoms with Crippen molar-refractivity contribution >= 4 is 12.6 Å². The van der Waals surface area contributed by atoms with E-state index in [1.54, 1.807) is 0 Å². The summed E-state index contributed by atoms with van der Waals surface area (Å²) in [7, 11) is 0. The highest BCUT2D eigenvalue weighted by atomic mass is 32.1. The van der Waals surface area contributed by atoms with Gasteiger partial charge in [-0.25, -0.2) is 4.79 Å². The molecule has 0 bridgehead atoms. The van der Waals surface area contributed by atoms with E-state index in [4.69, 9.17) is 4.74 Å². The maximum atomic E-state index is 11.4. The molecule has 2 unspecified atom stereocenters. The third-order valence-corrected chi connectivity index (χ3v) is 2.86. The molecule has 1 aliphatic rings. The molecule has 1 fully saturated rings. The van der Waals surface area contributed by atoms with Crippen molar-refractivity contribution in [3.05, 3.63) is 33.1 Å². The van der Waals surface area contributed by atoms with Crippen LogP contribution in [-0.2, 0) is 4.74 Å². The van der Waals surface area contributed by atoms with Crippen LogP contribution in [0.5, 0.6) is 0 Å². The lowest BCUT2D eigenvalue weighted by molar-refractivity contribution is 0.0102. The van der Waals surface area contributed by atoms with Crippen LogP contribution in [0.2, 0.25) is 0 Å². The summed E-state index contributed by atoms with van der Waals surface area (Å²) in [6.07, 6.45) is 2.95. The SMILES string of the molecule is O=c1ccn(C2CCC(CS)O2)c(=O)[nH]1. The molecule has 1 aromatic rings. The lowest BCUT2D eigenvalue weighted by atomic mass is 10.2. The average molecular weight is 228 g/mol. The molecule has 5 nitrogen and oxygen atoms in total. The highest BCUT2D eigenvalue weighted by molar-refractivity contribution is 7.80. The van der Waals surface area contributed by atoms with Crippen LogP contribution in [-0.4, -0.2) is 21.4 Å². The van der Waals surface area contributed by atoms with Gasteiger partial charge in [-0.2, -0.15) is 12.6 Å². The Kier molecular flexibility index (Phi) is 2.97. The third kappa shape index (κ3) is 2.15. The highest BCUT2D eigenvalue weighted by Gasteiger charge is 2.25. The van der Waals surface area contributed by atoms with Gasteiger partial charge >= 0.3 is 5.69 Å². The third-order valence-electron chi connectivity index (χ3n) is 2.45. The zero-order valence-electron chi connectivity index (χ0n) is 8.05. The van der Waals surface area contributed by atoms with Gasteiger partial charge in [0.1, 0.15) is 6.23 Å². The Hall–Kier alpha value is -1.01. The summed E-state index contributed by atoms with van der Waals surface area (Å²) in [4.78, 5) is 24.5. The molecular formula is C9H12N2O3S. The first kappa shape index (κ1) is 10.5. The molecule has 6 heteroatoms. The Labute approximate surface area is 91.5 Å². The molecule has 1 saturated heterocycles. The van der Waals surface area contributed by atoms with Gasteiger partial charge in [0.05, 0.1) is 6.10 Å². The van der Waals surface area contributed by atoms with Crippen LogP contribution < -0.4 is 11.2 Å². The summed E-state index contributed by atoms with van der Waals surface area (Å²) in [5.74, 6) is 0.647. The van der Waals surface area contributed by atoms with Crippen LogP contribution in [0.25, 0.3) is 0 Å². The zero-order valence-corrected chi connectivity index (χ0v) is 8.94. The van der Waals surface area contributed by atoms with Gasteiger partial charge < -0.3 is 4.74 Å². The van der Waals surface area contributed by atoms with Crippen molar-refractivity contribution < 1.29 is 4.74 Å². The van der Waals surface area contributed by atoms with Crippen molar-refractivity contribution in [1.82, 2.24) is 9.55 Å². The van der Waals surface area contributed by atoms with Crippen molar-refractivity contribution in [1.29, 1.82) is 0 Å². The number of rotatable bonds is 2. The quantitative estimate of drug-likeness (QED) is 0.708. The van der Waals surface area contributed by atoms with Crippen molar-refractivity contribution in [3.8, 4) is 0 Å². The van der Waals surface area contributed by atoms with Crippen LogP contribution in [0.4, 0.5) is 0 Å². The molecule has 0 spiro atoms. The average Bonchev–Trinajstić information content (AvgIpc) is 2.66. The Bertz CT molecular complexity index is 453. The second kappa shape index (κ2) is 4.24. The van der Waals surface area contributed by atoms with Crippen LogP contribution in [0.15, 0.2) is 21.9 Å². The van der Waals surface area contributed by atoms with E-state index in [1.165, 1.54) is 16.8 Å². The number of thiol groups is 1. The lowest BCUT2D eigenvalue weighted by Gasteiger charge is -2.13. The molecular weight excluding hydrogens is 216 g/mol. The van der Waals surface area contributed by atoms with Gasteiger partial charge in [0.15, 0.2) is 0 Å². The number of ether oxygens (including phenoxy) is 1. The number of nitrogens with zero attached hydrogens (tertiary/aromatic N) is 1. The monoisotopic (exact) mass is 228 g/mol. The lowest BCUT2D eigenvalue weighted by Crippen LogP contribution is -2.31. The van der Waals surface area contributed by atoms with Gasteiger partial charge in [0.25, 0.3) is 5.56 Å². The largest absolute Gasteiger partial charge is 0.354 e. The molecule has 1 N–H and O–H groups in total. The van der Waals surface area contributed by atoms with E-state index in [1.807, 2.05) is 0 Å². The van der Waals surface area contributed by atoms with Crippen LogP contribution in [0.3, 0.4) is 0 Å². The molecule has 0 amide bonds. The molecule has 0 aromatic carbocycles. The predicted octanol–water partition coefficient (Wildman–Crippen LogP) is 0.144. The Balaban J connectivity index is 2.24. The summed E-state index contributed by atoms with van der Waals surface area (Å²) < 4.78 is 6.99. The Morgan fingerprint density at radius 2 is 2.33 bits per heavy atom. The molecule has 0 saturated carbocycles. The number of aromatic amines is 1. The number of hydrogen-bond acceptors (Lipinski definition) is 4. The predicted molar refractivity (Wildman–Crippen MR) is 58.3 cm³/mol. The minimum Gasteiger partial charge on any atom is -0.354 e. The number of aromatic nitrogens is 2. The van der Waals surface area contributed by atoms with Gasteiger partial charge in [-0.05, 0) is 12.8 Å². The molecule has 82 valence electrons. The Morgan fingerprint density at radius 1 is 1.53 bits per heavy atom. The van der Waals surface area contributed by atoms with Crippen LogP contribution in [0, 0.1) is 0 Å². The molecule has 1 aliphatic heterocycles. The first-order valence-corrected chi connectivity index (χ1v) is 5.42. The second-order valence-electron chi connectivity index (χ2n) is 3.49. The number of hydrogen-bond donors (Lipinski definition) is 2. The van der Waals surface area contributed by atoms with E-state index >= 15 is 0 Å². The van der Waals surface area contributed by atoms with Gasteiger partial charge in [-0.1, -0.05) is 0 Å². The van der Waals surface area contributed by atoms with Gasteiger partial charge in [0, 0.05) is 18.0 Å². The number of H-pyrrole nitrogens is 1. The molecule has 2 atom stereocenters. The smallest absolute Gasteiger partial charge is 0.330 e. The highest BCUT2D eigenvalue weighted by Crippen LogP contribution is 2.27. The van der Waals surface area contributed by atoms with E-state index in [0.717, 1.165) is 12.8 Å². The molecule has 2 rings (SSSR count). The van der Waals surface area contributed by atoms with E-state index < -0.39 is 5.69 Å². The minimum absolute atomic E-state index is 0.0946. The van der Waals surface area contributed by atoms with E-state index in [0.29, 0.717) is 5.75 Å². The van der Waals surface area contributed by atoms with Gasteiger partial charge in [-0.3, -0.25) is 14.3 Å². The second-order valence-corrected chi connectivity index (χ2v) is 3.86. The van der Waals surface area contributed by atoms with Crippen molar-refractivity contribution in [2.45, 2.75) is 25.2 Å². The van der Waals surface area contributed by atoms with Crippen molar-refractivity contribution in [3.63, 3.8) is 0 Å². The maximum absolute atomic E-state index is 11.4. The molecule has 0 radical (unpaired) electrons. The Morgan fingerprint density at radius 3 is 2.93 bits per heavy atom. The van der Waals surface area contributed by atoms with Crippen molar-refractivity contribution in [2.24, 2.45) is 0 Å². The summed E-state index contributed by atoms with van der Waals surface area (Å²) >= 11 is 4.14. The fraction of sp³-hybridized carbons (Fsp3) is 0.556. The van der Waals surface area contributed by atoms with E-state index in [-0.39, 0.29) is 17.9 Å². The topological polar surface area (TPSA) is 64.1 Å². The van der Waals surface area contributed by atoms with Crippen molar-refractivity contribution in [2.75, 3.05) is 5.75 Å². The summed E-state index contributed by atoms with van der Waals surface area (Å²) in [6.45, 7) is 0. The molecule has 1 aromatic heterocycles. The van der Waals surface area contributed by atoms with E-state index in [9.17, 15) is 9.59 Å². The van der Waals surface area contributed by atoms with Crippen LogP contribution >= 0.6 is 12.6 Å². The first-order chi connectivity index (χ1) is 7.20. The first-order valence-electron chi connectivity index (χ1n) is 4.78. The fourth-order valence-electron chi connectivity index (χ4n) is 1.68. The normalized spacial score (nSPS) is 25.7. The van der Waals surface area contributed by atoms with Crippen LogP contribution in [0.1, 0.15) is 19.1 Å². The van der Waals surface area contributed by atoms with E-state index in [2.05, 4.69) is 17.6 Å². The maximum Gasteiger partial charge on any atom is 0.330 e. The summed E-state index contributed by atoms with van der Waals surface area (Å²) in [6, 6.07) is 1.32. The standard InChI is InChI=1S/C9H12N2O3S/c12-7-3-4-11(9(13)10-7)8-2-1-6(5-15)14-8/h3-4,6,8,15H,1-2,5H2,(H,10,12,13). The van der Waals surface area contributed by atoms with Gasteiger partial charge in [-0.15, -0.1) is 0 Å². The van der Waals surface area contributed by atoms with Gasteiger partial charge in [0.2, 0.25) is 0 Å². The zero-order chi connectivity index (χ0) is 10.8.